The zero-order chi connectivity index (χ0) is 27.6. The van der Waals surface area contributed by atoms with Crippen molar-refractivity contribution in [2.45, 2.75) is 45.6 Å². The average molecular weight is 607 g/mol. The van der Waals surface area contributed by atoms with Gasteiger partial charge in [-0.2, -0.15) is 0 Å². The van der Waals surface area contributed by atoms with Gasteiger partial charge in [-0.3, -0.25) is 9.59 Å². The molecule has 4 aromatic rings. The van der Waals surface area contributed by atoms with E-state index in [2.05, 4.69) is 74.8 Å². The Hall–Kier alpha value is -3.49. The van der Waals surface area contributed by atoms with Crippen molar-refractivity contribution < 1.29 is 14.7 Å². The lowest BCUT2D eigenvalue weighted by Gasteiger charge is -2.22. The fourth-order valence-corrected chi connectivity index (χ4v) is 5.28. The average Bonchev–Trinajstić information content (AvgIpc) is 3.43. The molecule has 0 bridgehead atoms. The summed E-state index contributed by atoms with van der Waals surface area (Å²) in [5.41, 5.74) is 5.94. The highest BCUT2D eigenvalue weighted by Crippen LogP contribution is 2.34. The van der Waals surface area contributed by atoms with E-state index in [1.54, 1.807) is 23.5 Å². The molecular formula is C31H32BrN3O3S. The quantitative estimate of drug-likeness (QED) is 0.152. The van der Waals surface area contributed by atoms with Crippen LogP contribution in [0.25, 0.3) is 11.3 Å². The first-order chi connectivity index (χ1) is 18.9. The van der Waals surface area contributed by atoms with Crippen LogP contribution in [0.15, 0.2) is 82.6 Å². The summed E-state index contributed by atoms with van der Waals surface area (Å²) >= 11 is 5.13. The minimum atomic E-state index is -0.941. The van der Waals surface area contributed by atoms with Crippen LogP contribution in [0.5, 0.6) is 0 Å². The number of aliphatic carboxylic acids is 1. The van der Waals surface area contributed by atoms with Crippen LogP contribution < -0.4 is 10.2 Å². The van der Waals surface area contributed by atoms with Gasteiger partial charge >= 0.3 is 5.97 Å². The Morgan fingerprint density at radius 3 is 2.31 bits per heavy atom. The van der Waals surface area contributed by atoms with Crippen LogP contribution in [0.2, 0.25) is 0 Å². The third-order valence-corrected chi connectivity index (χ3v) is 7.75. The zero-order valence-corrected chi connectivity index (χ0v) is 24.3. The minimum Gasteiger partial charge on any atom is -0.481 e. The number of halogens is 1. The van der Waals surface area contributed by atoms with Gasteiger partial charge < -0.3 is 15.3 Å². The maximum atomic E-state index is 12.3. The van der Waals surface area contributed by atoms with E-state index in [0.29, 0.717) is 12.1 Å². The maximum Gasteiger partial charge on any atom is 0.305 e. The van der Waals surface area contributed by atoms with E-state index in [4.69, 9.17) is 10.1 Å². The number of carbonyl (C=O) groups is 2. The fourth-order valence-electron chi connectivity index (χ4n) is 4.16. The number of rotatable bonds is 13. The van der Waals surface area contributed by atoms with Gasteiger partial charge in [0.15, 0.2) is 5.13 Å². The molecule has 0 aliphatic heterocycles. The second-order valence-corrected chi connectivity index (χ2v) is 11.1. The number of hydrogen-bond donors (Lipinski definition) is 2. The highest BCUT2D eigenvalue weighted by atomic mass is 79.9. The molecule has 0 aliphatic carbocycles. The monoisotopic (exact) mass is 605 g/mol. The van der Waals surface area contributed by atoms with Crippen molar-refractivity contribution in [3.63, 3.8) is 0 Å². The van der Waals surface area contributed by atoms with Crippen LogP contribution in [-0.2, 0) is 17.8 Å². The van der Waals surface area contributed by atoms with Crippen molar-refractivity contribution in [2.75, 3.05) is 11.4 Å². The first-order valence-electron chi connectivity index (χ1n) is 13.1. The minimum absolute atomic E-state index is 0.0984. The number of carboxylic acid groups (broad SMARTS) is 1. The van der Waals surface area contributed by atoms with E-state index in [9.17, 15) is 9.59 Å². The molecule has 3 aromatic carbocycles. The highest BCUT2D eigenvalue weighted by Gasteiger charge is 2.16. The summed E-state index contributed by atoms with van der Waals surface area (Å²) in [6, 6.07) is 24.2. The van der Waals surface area contributed by atoms with E-state index in [1.165, 1.54) is 24.8 Å². The van der Waals surface area contributed by atoms with Gasteiger partial charge in [0.1, 0.15) is 0 Å². The molecule has 0 fully saturated rings. The van der Waals surface area contributed by atoms with Crippen LogP contribution in [0.3, 0.4) is 0 Å². The maximum absolute atomic E-state index is 12.3. The summed E-state index contributed by atoms with van der Waals surface area (Å²) < 4.78 is 1.00. The molecule has 0 unspecified atom stereocenters. The van der Waals surface area contributed by atoms with Gasteiger partial charge in [0.05, 0.1) is 18.7 Å². The first-order valence-corrected chi connectivity index (χ1v) is 14.8. The third kappa shape index (κ3) is 8.25. The number of benzene rings is 3. The number of aromatic nitrogens is 1. The van der Waals surface area contributed by atoms with Gasteiger partial charge in [-0.25, -0.2) is 4.98 Å². The molecule has 6 nitrogen and oxygen atoms in total. The van der Waals surface area contributed by atoms with Crippen LogP contribution in [0.1, 0.15) is 54.1 Å². The molecule has 0 atom stereocenters. The summed E-state index contributed by atoms with van der Waals surface area (Å²) in [4.78, 5) is 30.2. The normalized spacial score (nSPS) is 10.8. The standard InChI is InChI=1S/C31H32BrN3O3S/c1-2-3-4-5-22-6-10-24(11-7-22)28-21-39-31(34-28)35(27-16-14-26(32)15-17-27)20-23-8-12-25(13-9-23)30(38)33-19-18-29(36)37/h6-17,21H,2-5,18-20H2,1H3,(H,33,38)(H,36,37). The van der Waals surface area contributed by atoms with Crippen molar-refractivity contribution in [3.05, 3.63) is 99.3 Å². The Kier molecular flexibility index (Phi) is 10.3. The van der Waals surface area contributed by atoms with Crippen molar-refractivity contribution >= 4 is 50.0 Å². The fraction of sp³-hybridized carbons (Fsp3) is 0.258. The molecule has 2 N–H and O–H groups in total. The van der Waals surface area contributed by atoms with Crippen LogP contribution in [0, 0.1) is 0 Å². The van der Waals surface area contributed by atoms with E-state index < -0.39 is 5.97 Å². The number of unbranched alkanes of at least 4 members (excludes halogenated alkanes) is 2. The third-order valence-electron chi connectivity index (χ3n) is 6.36. The molecule has 8 heteroatoms. The molecule has 1 aromatic heterocycles. The molecular weight excluding hydrogens is 574 g/mol. The largest absolute Gasteiger partial charge is 0.481 e. The predicted octanol–water partition coefficient (Wildman–Crippen LogP) is 7.85. The molecule has 1 heterocycles. The van der Waals surface area contributed by atoms with Gasteiger partial charge in [-0.15, -0.1) is 11.3 Å². The Labute approximate surface area is 241 Å². The van der Waals surface area contributed by atoms with Gasteiger partial charge in [-0.1, -0.05) is 72.1 Å². The summed E-state index contributed by atoms with van der Waals surface area (Å²) in [5.74, 6) is -1.23. The van der Waals surface area contributed by atoms with E-state index >= 15 is 0 Å². The van der Waals surface area contributed by atoms with E-state index in [1.807, 2.05) is 24.3 Å². The molecule has 202 valence electrons. The Morgan fingerprint density at radius 1 is 0.949 bits per heavy atom. The van der Waals surface area contributed by atoms with Gasteiger partial charge in [0, 0.05) is 33.2 Å². The molecule has 1 amide bonds. The summed E-state index contributed by atoms with van der Waals surface area (Å²) in [7, 11) is 0. The molecule has 0 spiro atoms. The molecule has 0 saturated carbocycles. The van der Waals surface area contributed by atoms with Gasteiger partial charge in [0.2, 0.25) is 0 Å². The molecule has 0 aliphatic rings. The lowest BCUT2D eigenvalue weighted by molar-refractivity contribution is -0.136. The second kappa shape index (κ2) is 14.1. The number of carboxylic acids is 1. The lowest BCUT2D eigenvalue weighted by Crippen LogP contribution is -2.26. The SMILES string of the molecule is CCCCCc1ccc(-c2csc(N(Cc3ccc(C(=O)NCCC(=O)O)cc3)c3ccc(Br)cc3)n2)cc1. The van der Waals surface area contributed by atoms with Crippen molar-refractivity contribution in [1.82, 2.24) is 10.3 Å². The number of aryl methyl sites for hydroxylation is 1. The number of nitrogens with zero attached hydrogens (tertiary/aromatic N) is 2. The first kappa shape index (κ1) is 28.5. The van der Waals surface area contributed by atoms with E-state index in [0.717, 1.165) is 38.5 Å². The predicted molar refractivity (Wildman–Crippen MR) is 162 cm³/mol. The number of anilines is 2. The number of carbonyl (C=O) groups excluding carboxylic acids is 1. The Balaban J connectivity index is 1.51. The topological polar surface area (TPSA) is 82.5 Å². The molecule has 4 rings (SSSR count). The number of hydrogen-bond acceptors (Lipinski definition) is 5. The van der Waals surface area contributed by atoms with Crippen LogP contribution in [-0.4, -0.2) is 28.5 Å². The second-order valence-electron chi connectivity index (χ2n) is 9.33. The molecule has 39 heavy (non-hydrogen) atoms. The van der Waals surface area contributed by atoms with Crippen LogP contribution >= 0.6 is 27.3 Å². The summed E-state index contributed by atoms with van der Waals surface area (Å²) in [5, 5.41) is 14.4. The highest BCUT2D eigenvalue weighted by molar-refractivity contribution is 9.10. The lowest BCUT2D eigenvalue weighted by atomic mass is 10.0. The Morgan fingerprint density at radius 2 is 1.64 bits per heavy atom. The van der Waals surface area contributed by atoms with Crippen molar-refractivity contribution in [3.8, 4) is 11.3 Å². The zero-order valence-electron chi connectivity index (χ0n) is 21.9. The van der Waals surface area contributed by atoms with Gasteiger partial charge in [-0.05, 0) is 60.4 Å². The number of thiazole rings is 1. The Bertz CT molecular complexity index is 1370. The number of nitrogens with one attached hydrogen (secondary N) is 1. The molecule has 0 saturated heterocycles. The van der Waals surface area contributed by atoms with Crippen LogP contribution in [0.4, 0.5) is 10.8 Å². The van der Waals surface area contributed by atoms with Crippen molar-refractivity contribution in [1.29, 1.82) is 0 Å². The summed E-state index contributed by atoms with van der Waals surface area (Å²) in [6.45, 7) is 2.90. The van der Waals surface area contributed by atoms with Crippen molar-refractivity contribution in [2.24, 2.45) is 0 Å². The number of amides is 1. The van der Waals surface area contributed by atoms with E-state index in [-0.39, 0.29) is 18.9 Å². The smallest absolute Gasteiger partial charge is 0.305 e. The van der Waals surface area contributed by atoms with Gasteiger partial charge in [0.25, 0.3) is 5.91 Å². The summed E-state index contributed by atoms with van der Waals surface area (Å²) in [6.07, 6.45) is 4.70. The molecule has 0 radical (unpaired) electrons.